The summed E-state index contributed by atoms with van der Waals surface area (Å²) in [7, 11) is 5.40. The third kappa shape index (κ3) is 4.05. The first-order valence-electron chi connectivity index (χ1n) is 9.83. The van der Waals surface area contributed by atoms with E-state index in [0.717, 1.165) is 23.3 Å². The topological polar surface area (TPSA) is 70.6 Å². The van der Waals surface area contributed by atoms with E-state index in [2.05, 4.69) is 33.5 Å². The average molecular weight is 403 g/mol. The molecule has 1 aromatic heterocycles. The zero-order chi connectivity index (χ0) is 21.1. The zero-order valence-corrected chi connectivity index (χ0v) is 17.4. The number of methoxy groups -OCH3 is 1. The second kappa shape index (κ2) is 8.41. The maximum atomic E-state index is 13.3. The molecule has 0 bridgehead atoms. The van der Waals surface area contributed by atoms with Crippen LogP contribution in [0.15, 0.2) is 60.9 Å². The smallest absolute Gasteiger partial charge is 0.322 e. The zero-order valence-electron chi connectivity index (χ0n) is 17.4. The van der Waals surface area contributed by atoms with Crippen molar-refractivity contribution in [3.05, 3.63) is 77.6 Å². The molecule has 0 saturated heterocycles. The first kappa shape index (κ1) is 19.7. The quantitative estimate of drug-likeness (QED) is 0.716. The van der Waals surface area contributed by atoms with Crippen LogP contribution >= 0.6 is 0 Å². The molecule has 0 unspecified atom stereocenters. The van der Waals surface area contributed by atoms with Crippen LogP contribution in [0.2, 0.25) is 0 Å². The van der Waals surface area contributed by atoms with Gasteiger partial charge in [0.2, 0.25) is 5.95 Å². The maximum absolute atomic E-state index is 13.3. The largest absolute Gasteiger partial charge is 0.497 e. The summed E-state index contributed by atoms with van der Waals surface area (Å²) >= 11 is 0. The second-order valence-electron chi connectivity index (χ2n) is 7.49. The highest BCUT2D eigenvalue weighted by atomic mass is 16.5. The third-order valence-electron chi connectivity index (χ3n) is 5.28. The minimum Gasteiger partial charge on any atom is -0.497 e. The van der Waals surface area contributed by atoms with Crippen LogP contribution in [0.25, 0.3) is 0 Å². The molecule has 2 heterocycles. The summed E-state index contributed by atoms with van der Waals surface area (Å²) in [4.78, 5) is 25.5. The Balaban J connectivity index is 1.62. The van der Waals surface area contributed by atoms with E-state index >= 15 is 0 Å². The van der Waals surface area contributed by atoms with Crippen molar-refractivity contribution in [2.45, 2.75) is 19.0 Å². The fourth-order valence-corrected chi connectivity index (χ4v) is 3.69. The van der Waals surface area contributed by atoms with E-state index < -0.39 is 0 Å². The van der Waals surface area contributed by atoms with E-state index in [4.69, 9.17) is 4.74 Å². The Morgan fingerprint density at radius 3 is 2.50 bits per heavy atom. The van der Waals surface area contributed by atoms with Crippen LogP contribution in [0.4, 0.5) is 16.4 Å². The molecular weight excluding hydrogens is 378 g/mol. The van der Waals surface area contributed by atoms with Crippen LogP contribution < -0.4 is 15.0 Å². The van der Waals surface area contributed by atoms with Crippen LogP contribution in [0.1, 0.15) is 22.7 Å². The van der Waals surface area contributed by atoms with Crippen molar-refractivity contribution < 1.29 is 9.53 Å². The number of carbonyl (C=O) groups excluding carboxylic acids is 1. The van der Waals surface area contributed by atoms with Gasteiger partial charge in [0.25, 0.3) is 0 Å². The van der Waals surface area contributed by atoms with Gasteiger partial charge in [-0.05, 0) is 35.2 Å². The number of hydrogen-bond donors (Lipinski definition) is 1. The molecule has 0 spiro atoms. The van der Waals surface area contributed by atoms with Crippen LogP contribution in [-0.2, 0) is 13.0 Å². The predicted molar refractivity (Wildman–Crippen MR) is 117 cm³/mol. The van der Waals surface area contributed by atoms with Crippen LogP contribution in [0, 0.1) is 0 Å². The van der Waals surface area contributed by atoms with Crippen molar-refractivity contribution in [3.63, 3.8) is 0 Å². The molecule has 1 atom stereocenters. The first-order chi connectivity index (χ1) is 14.5. The molecule has 2 aromatic carbocycles. The van der Waals surface area contributed by atoms with Crippen molar-refractivity contribution in [2.75, 3.05) is 31.4 Å². The lowest BCUT2D eigenvalue weighted by Gasteiger charge is -2.37. The molecule has 0 radical (unpaired) electrons. The summed E-state index contributed by atoms with van der Waals surface area (Å²) in [6.07, 6.45) is 3.99. The minimum atomic E-state index is -0.182. The summed E-state index contributed by atoms with van der Waals surface area (Å²) in [6, 6.07) is 15.9. The SMILES string of the molecule is COc1ccc2c(c1)CN(C(=O)Nc1cnc(N(C)C)nc1)[C@H](c1ccccc1)C2. The van der Waals surface area contributed by atoms with Gasteiger partial charge in [-0.15, -0.1) is 0 Å². The second-order valence-corrected chi connectivity index (χ2v) is 7.49. The van der Waals surface area contributed by atoms with Gasteiger partial charge >= 0.3 is 6.03 Å². The number of fused-ring (bicyclic) bond motifs is 1. The van der Waals surface area contributed by atoms with Crippen molar-refractivity contribution in [2.24, 2.45) is 0 Å². The van der Waals surface area contributed by atoms with Gasteiger partial charge in [0.05, 0.1) is 31.2 Å². The van der Waals surface area contributed by atoms with E-state index in [0.29, 0.717) is 18.2 Å². The number of anilines is 2. The Morgan fingerprint density at radius 1 is 1.10 bits per heavy atom. The molecule has 4 rings (SSSR count). The Kier molecular flexibility index (Phi) is 5.52. The van der Waals surface area contributed by atoms with E-state index in [1.165, 1.54) is 5.56 Å². The van der Waals surface area contributed by atoms with Crippen molar-refractivity contribution >= 4 is 17.7 Å². The average Bonchev–Trinajstić information content (AvgIpc) is 2.78. The normalized spacial score (nSPS) is 15.3. The molecule has 0 saturated carbocycles. The number of benzene rings is 2. The van der Waals surface area contributed by atoms with Crippen LogP contribution in [0.3, 0.4) is 0 Å². The summed E-state index contributed by atoms with van der Waals surface area (Å²) in [5.74, 6) is 1.38. The lowest BCUT2D eigenvalue weighted by Crippen LogP contribution is -2.41. The predicted octanol–water partition coefficient (Wildman–Crippen LogP) is 3.88. The number of urea groups is 1. The Morgan fingerprint density at radius 2 is 1.83 bits per heavy atom. The lowest BCUT2D eigenvalue weighted by molar-refractivity contribution is 0.176. The number of nitrogens with one attached hydrogen (secondary N) is 1. The number of hydrogen-bond acceptors (Lipinski definition) is 5. The molecule has 1 aliphatic rings. The highest BCUT2D eigenvalue weighted by molar-refractivity contribution is 5.89. The van der Waals surface area contributed by atoms with Crippen LogP contribution in [0.5, 0.6) is 5.75 Å². The van der Waals surface area contributed by atoms with E-state index in [-0.39, 0.29) is 12.1 Å². The summed E-state index contributed by atoms with van der Waals surface area (Å²) < 4.78 is 5.37. The first-order valence-corrected chi connectivity index (χ1v) is 9.83. The Labute approximate surface area is 176 Å². The van der Waals surface area contributed by atoms with Gasteiger partial charge in [-0.2, -0.15) is 0 Å². The van der Waals surface area contributed by atoms with E-state index in [1.54, 1.807) is 19.5 Å². The summed E-state index contributed by atoms with van der Waals surface area (Å²) in [6.45, 7) is 0.495. The van der Waals surface area contributed by atoms with E-state index in [1.807, 2.05) is 54.2 Å². The molecule has 2 amide bonds. The number of aromatic nitrogens is 2. The van der Waals surface area contributed by atoms with Gasteiger partial charge in [-0.25, -0.2) is 14.8 Å². The minimum absolute atomic E-state index is 0.0611. The Bertz CT molecular complexity index is 1020. The van der Waals surface area contributed by atoms with Gasteiger partial charge in [0.15, 0.2) is 0 Å². The van der Waals surface area contributed by atoms with Gasteiger partial charge < -0.3 is 19.9 Å². The summed E-state index contributed by atoms with van der Waals surface area (Å²) in [5, 5.41) is 2.95. The molecule has 154 valence electrons. The highest BCUT2D eigenvalue weighted by Gasteiger charge is 2.31. The number of rotatable bonds is 4. The van der Waals surface area contributed by atoms with Crippen molar-refractivity contribution in [3.8, 4) is 5.75 Å². The highest BCUT2D eigenvalue weighted by Crippen LogP contribution is 2.35. The standard InChI is InChI=1S/C23H25N5O2/c1-27(2)22-24-13-19(14-25-22)26-23(29)28-15-18-11-20(30-3)10-9-17(18)12-21(28)16-7-5-4-6-8-16/h4-11,13-14,21H,12,15H2,1-3H3,(H,26,29)/t21-/m0/s1. The summed E-state index contributed by atoms with van der Waals surface area (Å²) in [5.41, 5.74) is 3.99. The van der Waals surface area contributed by atoms with Gasteiger partial charge in [0, 0.05) is 20.6 Å². The maximum Gasteiger partial charge on any atom is 0.322 e. The fraction of sp³-hybridized carbons (Fsp3) is 0.261. The van der Waals surface area contributed by atoms with Gasteiger partial charge in [-0.1, -0.05) is 36.4 Å². The molecule has 3 aromatic rings. The molecule has 7 nitrogen and oxygen atoms in total. The molecule has 1 N–H and O–H groups in total. The van der Waals surface area contributed by atoms with Gasteiger partial charge in [-0.3, -0.25) is 0 Å². The lowest BCUT2D eigenvalue weighted by atomic mass is 9.90. The molecule has 7 heteroatoms. The molecule has 0 aliphatic carbocycles. The van der Waals surface area contributed by atoms with E-state index in [9.17, 15) is 4.79 Å². The fourth-order valence-electron chi connectivity index (χ4n) is 3.69. The van der Waals surface area contributed by atoms with Gasteiger partial charge in [0.1, 0.15) is 5.75 Å². The number of nitrogens with zero attached hydrogens (tertiary/aromatic N) is 4. The van der Waals surface area contributed by atoms with Crippen molar-refractivity contribution in [1.82, 2.24) is 14.9 Å². The third-order valence-corrected chi connectivity index (χ3v) is 5.28. The molecule has 30 heavy (non-hydrogen) atoms. The Hall–Kier alpha value is -3.61. The molecular formula is C23H25N5O2. The molecule has 0 fully saturated rings. The molecule has 1 aliphatic heterocycles. The monoisotopic (exact) mass is 403 g/mol. The van der Waals surface area contributed by atoms with Crippen molar-refractivity contribution in [1.29, 1.82) is 0 Å². The van der Waals surface area contributed by atoms with Crippen LogP contribution in [-0.4, -0.2) is 42.1 Å². The number of carbonyl (C=O) groups is 1. The number of amides is 2. The number of ether oxygens (including phenoxy) is 1.